The minimum atomic E-state index is -0.506. The summed E-state index contributed by atoms with van der Waals surface area (Å²) in [5, 5.41) is 3.29. The van der Waals surface area contributed by atoms with E-state index in [1.54, 1.807) is 12.1 Å². The van der Waals surface area contributed by atoms with Crippen LogP contribution in [0.2, 0.25) is 10.0 Å². The van der Waals surface area contributed by atoms with Crippen LogP contribution in [0.5, 0.6) is 5.75 Å². The SMILES string of the molecule is Cc1ccc(NC(=O)COc2c(Cl)cc(C3C4=C(CCCC4=O)N(C)C4=C3C(=O)CCC4)cc2Cl)c(C)c1. The summed E-state index contributed by atoms with van der Waals surface area (Å²) in [6, 6.07) is 9.18. The molecule has 198 valence electrons. The van der Waals surface area contributed by atoms with Gasteiger partial charge in [-0.2, -0.15) is 0 Å². The maximum atomic E-state index is 13.2. The van der Waals surface area contributed by atoms with Crippen LogP contribution in [-0.4, -0.2) is 36.0 Å². The molecule has 8 heteroatoms. The van der Waals surface area contributed by atoms with Crippen molar-refractivity contribution in [3.05, 3.63) is 79.6 Å². The third-order valence-electron chi connectivity index (χ3n) is 7.60. The van der Waals surface area contributed by atoms with E-state index in [1.807, 2.05) is 39.1 Å². The second kappa shape index (κ2) is 10.6. The van der Waals surface area contributed by atoms with Gasteiger partial charge in [-0.3, -0.25) is 14.4 Å². The number of amides is 1. The van der Waals surface area contributed by atoms with Crippen molar-refractivity contribution in [2.45, 2.75) is 58.3 Å². The molecule has 1 N–H and O–H groups in total. The van der Waals surface area contributed by atoms with Gasteiger partial charge in [-0.25, -0.2) is 0 Å². The zero-order valence-electron chi connectivity index (χ0n) is 21.7. The van der Waals surface area contributed by atoms with Crippen molar-refractivity contribution in [2.75, 3.05) is 19.0 Å². The van der Waals surface area contributed by atoms with Crippen LogP contribution in [0.15, 0.2) is 52.9 Å². The number of halogens is 2. The molecule has 38 heavy (non-hydrogen) atoms. The van der Waals surface area contributed by atoms with E-state index in [0.717, 1.165) is 48.2 Å². The molecule has 5 rings (SSSR count). The molecule has 2 aromatic rings. The summed E-state index contributed by atoms with van der Waals surface area (Å²) < 4.78 is 5.74. The number of carbonyl (C=O) groups excluding carboxylic acids is 3. The molecule has 2 aliphatic carbocycles. The average Bonchev–Trinajstić information content (AvgIpc) is 2.86. The molecule has 0 spiro atoms. The molecule has 0 fully saturated rings. The number of allylic oxidation sites excluding steroid dienone is 4. The first kappa shape index (κ1) is 26.5. The number of nitrogens with one attached hydrogen (secondary N) is 1. The molecule has 1 amide bonds. The van der Waals surface area contributed by atoms with E-state index in [-0.39, 0.29) is 39.9 Å². The number of aryl methyl sites for hydroxylation is 2. The lowest BCUT2D eigenvalue weighted by Crippen LogP contribution is -2.37. The van der Waals surface area contributed by atoms with Crippen LogP contribution >= 0.6 is 23.2 Å². The van der Waals surface area contributed by atoms with Gasteiger partial charge in [-0.05, 0) is 68.9 Å². The molecule has 0 saturated carbocycles. The van der Waals surface area contributed by atoms with Crippen molar-refractivity contribution >= 4 is 46.4 Å². The van der Waals surface area contributed by atoms with Crippen molar-refractivity contribution < 1.29 is 19.1 Å². The second-order valence-corrected chi connectivity index (χ2v) is 11.0. The van der Waals surface area contributed by atoms with Crippen molar-refractivity contribution in [2.24, 2.45) is 0 Å². The van der Waals surface area contributed by atoms with Gasteiger partial charge in [0.2, 0.25) is 0 Å². The number of anilines is 1. The predicted molar refractivity (Wildman–Crippen MR) is 149 cm³/mol. The Labute approximate surface area is 232 Å². The molecule has 6 nitrogen and oxygen atoms in total. The Hall–Kier alpha value is -3.09. The van der Waals surface area contributed by atoms with Crippen molar-refractivity contribution in [3.8, 4) is 5.75 Å². The minimum Gasteiger partial charge on any atom is -0.481 e. The van der Waals surface area contributed by atoms with Crippen molar-refractivity contribution in [1.82, 2.24) is 4.90 Å². The lowest BCUT2D eigenvalue weighted by atomic mass is 9.71. The van der Waals surface area contributed by atoms with Gasteiger partial charge in [0, 0.05) is 54.0 Å². The highest BCUT2D eigenvalue weighted by Crippen LogP contribution is 2.50. The zero-order chi connectivity index (χ0) is 27.1. The van der Waals surface area contributed by atoms with Crippen LogP contribution in [0.3, 0.4) is 0 Å². The lowest BCUT2D eigenvalue weighted by molar-refractivity contribution is -0.118. The highest BCUT2D eigenvalue weighted by Gasteiger charge is 2.42. The number of Topliss-reactive ketones (excluding diaryl/α,β-unsaturated/α-hetero) is 2. The highest BCUT2D eigenvalue weighted by atomic mass is 35.5. The Balaban J connectivity index is 1.44. The summed E-state index contributed by atoms with van der Waals surface area (Å²) in [5.74, 6) is -0.538. The monoisotopic (exact) mass is 552 g/mol. The smallest absolute Gasteiger partial charge is 0.262 e. The summed E-state index contributed by atoms with van der Waals surface area (Å²) in [4.78, 5) is 41.0. The molecular weight excluding hydrogens is 523 g/mol. The largest absolute Gasteiger partial charge is 0.481 e. The third kappa shape index (κ3) is 4.87. The second-order valence-electron chi connectivity index (χ2n) is 10.2. The van der Waals surface area contributed by atoms with E-state index in [1.165, 1.54) is 0 Å². The van der Waals surface area contributed by atoms with Gasteiger partial charge in [-0.15, -0.1) is 0 Å². The molecule has 0 unspecified atom stereocenters. The summed E-state index contributed by atoms with van der Waals surface area (Å²) in [6.45, 7) is 3.64. The number of carbonyl (C=O) groups is 3. The molecule has 3 aliphatic rings. The Morgan fingerprint density at radius 3 is 2.08 bits per heavy atom. The van der Waals surface area contributed by atoms with Crippen molar-refractivity contribution in [3.63, 3.8) is 0 Å². The highest BCUT2D eigenvalue weighted by molar-refractivity contribution is 6.37. The molecule has 0 atom stereocenters. The summed E-state index contributed by atoms with van der Waals surface area (Å²) >= 11 is 13.3. The van der Waals surface area contributed by atoms with E-state index in [4.69, 9.17) is 27.9 Å². The number of rotatable bonds is 5. The molecule has 1 aliphatic heterocycles. The lowest BCUT2D eigenvalue weighted by Gasteiger charge is -2.42. The van der Waals surface area contributed by atoms with E-state index < -0.39 is 5.92 Å². The standard InChI is InChI=1S/C30H30Cl2N2O4/c1-16-10-11-21(17(2)12-16)33-26(37)15-38-30-19(31)13-18(14-20(30)32)27-28-22(6-4-8-24(28)35)34(3)23-7-5-9-25(36)29(23)27/h10-14,27H,4-9,15H2,1-3H3,(H,33,37). The average molecular weight is 553 g/mol. The fourth-order valence-electron chi connectivity index (χ4n) is 5.85. The number of ether oxygens (including phenoxy) is 1. The Kier molecular flexibility index (Phi) is 7.38. The number of hydrogen-bond acceptors (Lipinski definition) is 5. The maximum Gasteiger partial charge on any atom is 0.262 e. The molecule has 0 saturated heterocycles. The van der Waals surface area contributed by atoms with E-state index >= 15 is 0 Å². The fraction of sp³-hybridized carbons (Fsp3) is 0.367. The fourth-order valence-corrected chi connectivity index (χ4v) is 6.46. The zero-order valence-corrected chi connectivity index (χ0v) is 23.3. The van der Waals surface area contributed by atoms with E-state index in [0.29, 0.717) is 35.2 Å². The van der Waals surface area contributed by atoms with Gasteiger partial charge >= 0.3 is 0 Å². The van der Waals surface area contributed by atoms with Crippen LogP contribution in [0.4, 0.5) is 5.69 Å². The van der Waals surface area contributed by atoms with Crippen LogP contribution in [0.1, 0.15) is 61.1 Å². The van der Waals surface area contributed by atoms with E-state index in [2.05, 4.69) is 10.2 Å². The normalized spacial score (nSPS) is 18.0. The molecule has 1 heterocycles. The van der Waals surface area contributed by atoms with Gasteiger partial charge in [0.1, 0.15) is 0 Å². The Morgan fingerprint density at radius 2 is 1.53 bits per heavy atom. The van der Waals surface area contributed by atoms with E-state index in [9.17, 15) is 14.4 Å². The molecule has 0 radical (unpaired) electrons. The Morgan fingerprint density at radius 1 is 0.947 bits per heavy atom. The third-order valence-corrected chi connectivity index (χ3v) is 8.16. The predicted octanol–water partition coefficient (Wildman–Crippen LogP) is 6.67. The van der Waals surface area contributed by atoms with Crippen molar-refractivity contribution in [1.29, 1.82) is 0 Å². The van der Waals surface area contributed by atoms with Gasteiger partial charge in [-0.1, -0.05) is 40.9 Å². The molecule has 2 aromatic carbocycles. The summed E-state index contributed by atoms with van der Waals surface area (Å²) in [5.41, 5.74) is 6.75. The summed E-state index contributed by atoms with van der Waals surface area (Å²) in [7, 11) is 1.96. The van der Waals surface area contributed by atoms with Crippen LogP contribution < -0.4 is 10.1 Å². The maximum absolute atomic E-state index is 13.2. The number of nitrogens with zero attached hydrogens (tertiary/aromatic N) is 1. The quantitative estimate of drug-likeness (QED) is 0.448. The minimum absolute atomic E-state index is 0.0589. The van der Waals surface area contributed by atoms with Crippen LogP contribution in [0.25, 0.3) is 0 Å². The van der Waals surface area contributed by atoms with Gasteiger partial charge in [0.15, 0.2) is 23.9 Å². The van der Waals surface area contributed by atoms with Crippen LogP contribution in [0, 0.1) is 13.8 Å². The Bertz CT molecular complexity index is 1360. The number of ketones is 2. The van der Waals surface area contributed by atoms with Gasteiger partial charge < -0.3 is 15.0 Å². The number of hydrogen-bond donors (Lipinski definition) is 1. The first-order chi connectivity index (χ1) is 18.2. The molecular formula is C30H30Cl2N2O4. The van der Waals surface area contributed by atoms with Gasteiger partial charge in [0.25, 0.3) is 5.91 Å². The summed E-state index contributed by atoms with van der Waals surface area (Å²) in [6.07, 6.45) is 4.08. The first-order valence-electron chi connectivity index (χ1n) is 12.9. The first-order valence-corrected chi connectivity index (χ1v) is 13.7. The topological polar surface area (TPSA) is 75.7 Å². The van der Waals surface area contributed by atoms with Crippen LogP contribution in [-0.2, 0) is 14.4 Å². The molecule has 0 bridgehead atoms. The number of benzene rings is 2. The van der Waals surface area contributed by atoms with Gasteiger partial charge in [0.05, 0.1) is 10.0 Å². The molecule has 0 aromatic heterocycles.